The zero-order chi connectivity index (χ0) is 13.9. The quantitative estimate of drug-likeness (QED) is 0.851. The van der Waals surface area contributed by atoms with Crippen LogP contribution in [0.1, 0.15) is 23.2 Å². The molecule has 0 spiro atoms. The number of ether oxygens (including phenoxy) is 1. The van der Waals surface area contributed by atoms with Crippen molar-refractivity contribution < 1.29 is 13.9 Å². The minimum absolute atomic E-state index is 0.0119. The second kappa shape index (κ2) is 6.20. The van der Waals surface area contributed by atoms with Gasteiger partial charge in [-0.1, -0.05) is 27.5 Å². The van der Waals surface area contributed by atoms with Crippen LogP contribution in [0, 0.1) is 5.82 Å². The maximum atomic E-state index is 13.4. The lowest BCUT2D eigenvalue weighted by atomic mass is 9.92. The number of amides is 1. The Labute approximate surface area is 124 Å². The predicted octanol–water partition coefficient (Wildman–Crippen LogP) is 3.15. The number of alkyl halides is 1. The smallest absolute Gasteiger partial charge is 0.251 e. The first-order valence-electron chi connectivity index (χ1n) is 5.98. The highest BCUT2D eigenvalue weighted by molar-refractivity contribution is 9.09. The van der Waals surface area contributed by atoms with Gasteiger partial charge in [0.2, 0.25) is 0 Å². The average Bonchev–Trinajstić information content (AvgIpc) is 2.43. The van der Waals surface area contributed by atoms with Crippen LogP contribution in [0.3, 0.4) is 0 Å². The standard InChI is InChI=1S/C13H14BrClFNO2/c14-8-13(3-5-19-6-4-13)17-12(18)9-1-2-10(15)11(16)7-9/h1-2,7H,3-6,8H2,(H,17,18). The van der Waals surface area contributed by atoms with Gasteiger partial charge in [0.05, 0.1) is 10.6 Å². The summed E-state index contributed by atoms with van der Waals surface area (Å²) < 4.78 is 18.7. The Morgan fingerprint density at radius 2 is 2.16 bits per heavy atom. The molecule has 0 saturated carbocycles. The molecule has 1 saturated heterocycles. The molecule has 0 aliphatic carbocycles. The third-order valence-corrected chi connectivity index (χ3v) is 4.65. The number of hydrogen-bond acceptors (Lipinski definition) is 2. The van der Waals surface area contributed by atoms with Gasteiger partial charge in [0.15, 0.2) is 0 Å². The molecule has 1 N–H and O–H groups in total. The van der Waals surface area contributed by atoms with Gasteiger partial charge in [-0.3, -0.25) is 4.79 Å². The summed E-state index contributed by atoms with van der Waals surface area (Å²) in [6.07, 6.45) is 1.47. The molecule has 0 aromatic heterocycles. The first kappa shape index (κ1) is 14.8. The Bertz CT molecular complexity index is 478. The number of nitrogens with one attached hydrogen (secondary N) is 1. The molecule has 0 unspecified atom stereocenters. The highest BCUT2D eigenvalue weighted by atomic mass is 79.9. The van der Waals surface area contributed by atoms with Crippen LogP contribution >= 0.6 is 27.5 Å². The summed E-state index contributed by atoms with van der Waals surface area (Å²) in [5.41, 5.74) is -0.0560. The number of halogens is 3. The fourth-order valence-electron chi connectivity index (χ4n) is 2.00. The van der Waals surface area contributed by atoms with Gasteiger partial charge >= 0.3 is 0 Å². The Hall–Kier alpha value is -0.650. The molecule has 19 heavy (non-hydrogen) atoms. The van der Waals surface area contributed by atoms with Gasteiger partial charge in [0, 0.05) is 24.1 Å². The van der Waals surface area contributed by atoms with Gasteiger partial charge in [-0.05, 0) is 31.0 Å². The molecule has 3 nitrogen and oxygen atoms in total. The van der Waals surface area contributed by atoms with Crippen molar-refractivity contribution in [3.8, 4) is 0 Å². The minimum atomic E-state index is -0.589. The van der Waals surface area contributed by atoms with Gasteiger partial charge < -0.3 is 10.1 Å². The van der Waals surface area contributed by atoms with E-state index in [1.165, 1.54) is 12.1 Å². The molecule has 1 aliphatic heterocycles. The van der Waals surface area contributed by atoms with E-state index in [2.05, 4.69) is 21.2 Å². The molecule has 1 amide bonds. The normalized spacial score (nSPS) is 18.1. The van der Waals surface area contributed by atoms with Gasteiger partial charge in [-0.25, -0.2) is 4.39 Å². The Kier molecular flexibility index (Phi) is 4.81. The maximum Gasteiger partial charge on any atom is 0.251 e. The first-order chi connectivity index (χ1) is 9.06. The molecular formula is C13H14BrClFNO2. The van der Waals surface area contributed by atoms with Crippen molar-refractivity contribution in [3.63, 3.8) is 0 Å². The van der Waals surface area contributed by atoms with Crippen LogP contribution in [0.5, 0.6) is 0 Å². The summed E-state index contributed by atoms with van der Waals surface area (Å²) >= 11 is 9.03. The fraction of sp³-hybridized carbons (Fsp3) is 0.462. The summed E-state index contributed by atoms with van der Waals surface area (Å²) in [5.74, 6) is -0.883. The summed E-state index contributed by atoms with van der Waals surface area (Å²) in [6.45, 7) is 1.22. The van der Waals surface area contributed by atoms with Crippen molar-refractivity contribution in [1.29, 1.82) is 0 Å². The molecule has 6 heteroatoms. The van der Waals surface area contributed by atoms with Gasteiger partial charge in [0.1, 0.15) is 5.82 Å². The van der Waals surface area contributed by atoms with E-state index < -0.39 is 5.82 Å². The van der Waals surface area contributed by atoms with Gasteiger partial charge in [-0.15, -0.1) is 0 Å². The minimum Gasteiger partial charge on any atom is -0.381 e. The Balaban J connectivity index is 2.12. The highest BCUT2D eigenvalue weighted by Crippen LogP contribution is 2.24. The van der Waals surface area contributed by atoms with Crippen molar-refractivity contribution in [2.24, 2.45) is 0 Å². The van der Waals surface area contributed by atoms with Crippen molar-refractivity contribution in [2.45, 2.75) is 18.4 Å². The highest BCUT2D eigenvalue weighted by Gasteiger charge is 2.33. The SMILES string of the molecule is O=C(NC1(CBr)CCOCC1)c1ccc(Cl)c(F)c1. The molecule has 1 fully saturated rings. The summed E-state index contributed by atoms with van der Waals surface area (Å²) in [4.78, 5) is 12.2. The van der Waals surface area contributed by atoms with Gasteiger partial charge in [0.25, 0.3) is 5.91 Å². The lowest BCUT2D eigenvalue weighted by molar-refractivity contribution is 0.0441. The molecule has 0 bridgehead atoms. The third-order valence-electron chi connectivity index (χ3n) is 3.27. The molecule has 1 aromatic rings. The largest absolute Gasteiger partial charge is 0.381 e. The summed E-state index contributed by atoms with van der Waals surface area (Å²) in [6, 6.07) is 4.05. The predicted molar refractivity (Wildman–Crippen MR) is 75.5 cm³/mol. The monoisotopic (exact) mass is 349 g/mol. The zero-order valence-electron chi connectivity index (χ0n) is 10.2. The Morgan fingerprint density at radius 1 is 1.47 bits per heavy atom. The summed E-state index contributed by atoms with van der Waals surface area (Å²) in [7, 11) is 0. The molecular weight excluding hydrogens is 337 g/mol. The molecule has 1 heterocycles. The number of benzene rings is 1. The van der Waals surface area contributed by atoms with Crippen LogP contribution in [0.2, 0.25) is 5.02 Å². The molecule has 1 aromatic carbocycles. The van der Waals surface area contributed by atoms with Crippen LogP contribution < -0.4 is 5.32 Å². The van der Waals surface area contributed by atoms with E-state index >= 15 is 0 Å². The molecule has 1 aliphatic rings. The van der Waals surface area contributed by atoms with E-state index in [1.807, 2.05) is 0 Å². The van der Waals surface area contributed by atoms with Crippen molar-refractivity contribution >= 4 is 33.4 Å². The lowest BCUT2D eigenvalue weighted by Crippen LogP contribution is -2.53. The molecule has 2 rings (SSSR count). The number of carbonyl (C=O) groups excluding carboxylic acids is 1. The maximum absolute atomic E-state index is 13.4. The van der Waals surface area contributed by atoms with Crippen LogP contribution in [0.15, 0.2) is 18.2 Å². The Morgan fingerprint density at radius 3 is 2.74 bits per heavy atom. The molecule has 0 atom stereocenters. The zero-order valence-corrected chi connectivity index (χ0v) is 12.6. The number of rotatable bonds is 3. The van der Waals surface area contributed by atoms with Crippen molar-refractivity contribution in [3.05, 3.63) is 34.6 Å². The van der Waals surface area contributed by atoms with Crippen LogP contribution in [-0.2, 0) is 4.74 Å². The third kappa shape index (κ3) is 3.46. The topological polar surface area (TPSA) is 38.3 Å². The van der Waals surface area contributed by atoms with E-state index in [0.29, 0.717) is 18.5 Å². The molecule has 0 radical (unpaired) electrons. The fourth-order valence-corrected chi connectivity index (χ4v) is 2.82. The number of carbonyl (C=O) groups is 1. The van der Waals surface area contributed by atoms with E-state index in [0.717, 1.165) is 18.9 Å². The van der Waals surface area contributed by atoms with Gasteiger partial charge in [-0.2, -0.15) is 0 Å². The summed E-state index contributed by atoms with van der Waals surface area (Å²) in [5, 5.41) is 3.63. The van der Waals surface area contributed by atoms with Crippen LogP contribution in [0.4, 0.5) is 4.39 Å². The van der Waals surface area contributed by atoms with Crippen LogP contribution in [0.25, 0.3) is 0 Å². The van der Waals surface area contributed by atoms with Crippen molar-refractivity contribution in [1.82, 2.24) is 5.32 Å². The lowest BCUT2D eigenvalue weighted by Gasteiger charge is -2.36. The van der Waals surface area contributed by atoms with E-state index in [9.17, 15) is 9.18 Å². The second-order valence-electron chi connectivity index (χ2n) is 4.61. The van der Waals surface area contributed by atoms with Crippen molar-refractivity contribution in [2.75, 3.05) is 18.5 Å². The van der Waals surface area contributed by atoms with E-state index in [4.69, 9.17) is 16.3 Å². The van der Waals surface area contributed by atoms with E-state index in [1.54, 1.807) is 0 Å². The van der Waals surface area contributed by atoms with E-state index in [-0.39, 0.29) is 22.0 Å². The van der Waals surface area contributed by atoms with Crippen LogP contribution in [-0.4, -0.2) is 30.0 Å². The number of hydrogen-bond donors (Lipinski definition) is 1. The average molecular weight is 351 g/mol. The molecule has 104 valence electrons. The second-order valence-corrected chi connectivity index (χ2v) is 5.58. The first-order valence-corrected chi connectivity index (χ1v) is 7.47.